The molecule has 2 nitrogen and oxygen atoms in total. The minimum atomic E-state index is 0.328. The van der Waals surface area contributed by atoms with Gasteiger partial charge in [0.25, 0.3) is 0 Å². The molecule has 2 heteroatoms. The third-order valence-corrected chi connectivity index (χ3v) is 4.51. The maximum Gasteiger partial charge on any atom is 0.115 e. The highest BCUT2D eigenvalue weighted by atomic mass is 16.3. The van der Waals surface area contributed by atoms with Crippen molar-refractivity contribution in [3.63, 3.8) is 0 Å². The minimum Gasteiger partial charge on any atom is -0.508 e. The van der Waals surface area contributed by atoms with E-state index in [-0.39, 0.29) is 0 Å². The summed E-state index contributed by atoms with van der Waals surface area (Å²) in [4.78, 5) is 0. The van der Waals surface area contributed by atoms with Gasteiger partial charge in [0.05, 0.1) is 0 Å². The van der Waals surface area contributed by atoms with E-state index in [0.29, 0.717) is 23.3 Å². The number of benzene rings is 2. The van der Waals surface area contributed by atoms with Gasteiger partial charge in [0.15, 0.2) is 0 Å². The van der Waals surface area contributed by atoms with Gasteiger partial charge in [-0.15, -0.1) is 0 Å². The third kappa shape index (κ3) is 4.52. The van der Waals surface area contributed by atoms with Crippen molar-refractivity contribution >= 4 is 0 Å². The smallest absolute Gasteiger partial charge is 0.115 e. The molecule has 2 aromatic carbocycles. The molecule has 0 saturated carbocycles. The lowest BCUT2D eigenvalue weighted by Crippen LogP contribution is -1.99. The Morgan fingerprint density at radius 1 is 0.773 bits per heavy atom. The van der Waals surface area contributed by atoms with E-state index in [0.717, 1.165) is 12.8 Å². The van der Waals surface area contributed by atoms with Crippen molar-refractivity contribution in [3.8, 4) is 11.5 Å². The number of phenols is 2. The highest BCUT2D eigenvalue weighted by Gasteiger charge is 2.11. The van der Waals surface area contributed by atoms with Crippen LogP contribution in [0.25, 0.3) is 0 Å². The maximum atomic E-state index is 9.39. The molecule has 2 aromatic rings. The summed E-state index contributed by atoms with van der Waals surface area (Å²) >= 11 is 0. The SMILES string of the molecule is CCC(CCCC(C)c1ccc(O)cc1)c1ccc(O)cc1. The normalized spacial score (nSPS) is 13.7. The van der Waals surface area contributed by atoms with Crippen molar-refractivity contribution in [1.82, 2.24) is 0 Å². The zero-order chi connectivity index (χ0) is 15.9. The third-order valence-electron chi connectivity index (χ3n) is 4.51. The fraction of sp³-hybridized carbons (Fsp3) is 0.400. The molecule has 0 spiro atoms. The van der Waals surface area contributed by atoms with Crippen LogP contribution in [-0.2, 0) is 0 Å². The van der Waals surface area contributed by atoms with E-state index < -0.39 is 0 Å². The average molecular weight is 298 g/mol. The molecular formula is C20H26O2. The standard InChI is InChI=1S/C20H26O2/c1-3-16(18-9-13-20(22)14-10-18)6-4-5-15(2)17-7-11-19(21)12-8-17/h7-16,21-22H,3-6H2,1-2H3. The highest BCUT2D eigenvalue weighted by Crippen LogP contribution is 2.29. The van der Waals surface area contributed by atoms with E-state index in [1.807, 2.05) is 24.3 Å². The quantitative estimate of drug-likeness (QED) is 0.702. The summed E-state index contributed by atoms with van der Waals surface area (Å²) in [6.07, 6.45) is 4.63. The lowest BCUT2D eigenvalue weighted by molar-refractivity contribution is 0.474. The maximum absolute atomic E-state index is 9.39. The molecule has 0 aromatic heterocycles. The molecule has 0 amide bonds. The second-order valence-electron chi connectivity index (χ2n) is 6.12. The molecule has 0 fully saturated rings. The fourth-order valence-corrected chi connectivity index (χ4v) is 2.99. The molecule has 0 heterocycles. The Morgan fingerprint density at radius 2 is 1.27 bits per heavy atom. The molecule has 0 radical (unpaired) electrons. The zero-order valence-electron chi connectivity index (χ0n) is 13.5. The first-order chi connectivity index (χ1) is 10.6. The lowest BCUT2D eigenvalue weighted by atomic mass is 9.88. The van der Waals surface area contributed by atoms with Gasteiger partial charge in [-0.05, 0) is 66.5 Å². The Labute approximate surface area is 133 Å². The summed E-state index contributed by atoms with van der Waals surface area (Å²) in [5.41, 5.74) is 2.60. The Bertz CT molecular complexity index is 557. The predicted octanol–water partition coefficient (Wildman–Crippen LogP) is 5.57. The van der Waals surface area contributed by atoms with Gasteiger partial charge in [-0.2, -0.15) is 0 Å². The monoisotopic (exact) mass is 298 g/mol. The second kappa shape index (κ2) is 7.88. The van der Waals surface area contributed by atoms with Crippen LogP contribution in [0.15, 0.2) is 48.5 Å². The summed E-state index contributed by atoms with van der Waals surface area (Å²) in [5.74, 6) is 1.74. The van der Waals surface area contributed by atoms with Crippen LogP contribution in [0.4, 0.5) is 0 Å². The number of phenolic OH excluding ortho intramolecular Hbond substituents is 2. The van der Waals surface area contributed by atoms with Crippen LogP contribution in [0.5, 0.6) is 11.5 Å². The number of hydrogen-bond acceptors (Lipinski definition) is 2. The van der Waals surface area contributed by atoms with Gasteiger partial charge in [0.2, 0.25) is 0 Å². The van der Waals surface area contributed by atoms with Crippen molar-refractivity contribution in [1.29, 1.82) is 0 Å². The Kier molecular flexibility index (Phi) is 5.88. The van der Waals surface area contributed by atoms with Crippen molar-refractivity contribution in [2.24, 2.45) is 0 Å². The molecule has 0 saturated heterocycles. The van der Waals surface area contributed by atoms with Gasteiger partial charge >= 0.3 is 0 Å². The molecular weight excluding hydrogens is 272 g/mol. The molecule has 2 unspecified atom stereocenters. The van der Waals surface area contributed by atoms with Crippen molar-refractivity contribution in [2.75, 3.05) is 0 Å². The molecule has 0 bridgehead atoms. The van der Waals surface area contributed by atoms with Gasteiger partial charge in [0.1, 0.15) is 11.5 Å². The summed E-state index contributed by atoms with van der Waals surface area (Å²) in [5, 5.41) is 18.7. The molecule has 0 aliphatic carbocycles. The first kappa shape index (κ1) is 16.4. The number of aromatic hydroxyl groups is 2. The molecule has 0 aliphatic rings. The first-order valence-corrected chi connectivity index (χ1v) is 8.18. The van der Waals surface area contributed by atoms with E-state index in [2.05, 4.69) is 13.8 Å². The zero-order valence-corrected chi connectivity index (χ0v) is 13.5. The van der Waals surface area contributed by atoms with Crippen LogP contribution in [0.2, 0.25) is 0 Å². The van der Waals surface area contributed by atoms with Gasteiger partial charge in [-0.25, -0.2) is 0 Å². The second-order valence-corrected chi connectivity index (χ2v) is 6.12. The molecule has 2 rings (SSSR count). The lowest BCUT2D eigenvalue weighted by Gasteiger charge is -2.17. The summed E-state index contributed by atoms with van der Waals surface area (Å²) in [6.45, 7) is 4.47. The predicted molar refractivity (Wildman–Crippen MR) is 91.5 cm³/mol. The Balaban J connectivity index is 1.85. The van der Waals surface area contributed by atoms with Crippen molar-refractivity contribution < 1.29 is 10.2 Å². The van der Waals surface area contributed by atoms with E-state index >= 15 is 0 Å². The van der Waals surface area contributed by atoms with Gasteiger partial charge < -0.3 is 10.2 Å². The molecule has 22 heavy (non-hydrogen) atoms. The number of hydrogen-bond donors (Lipinski definition) is 2. The van der Waals surface area contributed by atoms with E-state index in [4.69, 9.17) is 0 Å². The van der Waals surface area contributed by atoms with Crippen LogP contribution >= 0.6 is 0 Å². The topological polar surface area (TPSA) is 40.5 Å². The first-order valence-electron chi connectivity index (χ1n) is 8.18. The van der Waals surface area contributed by atoms with Crippen molar-refractivity contribution in [2.45, 2.75) is 51.4 Å². The fourth-order valence-electron chi connectivity index (χ4n) is 2.99. The van der Waals surface area contributed by atoms with Gasteiger partial charge in [-0.3, -0.25) is 0 Å². The van der Waals surface area contributed by atoms with Crippen LogP contribution in [0, 0.1) is 0 Å². The van der Waals surface area contributed by atoms with Crippen LogP contribution in [0.1, 0.15) is 62.5 Å². The summed E-state index contributed by atoms with van der Waals surface area (Å²) in [6, 6.07) is 15.2. The Hall–Kier alpha value is -1.96. The molecule has 0 aliphatic heterocycles. The van der Waals surface area contributed by atoms with Gasteiger partial charge in [-0.1, -0.05) is 44.5 Å². The molecule has 118 valence electrons. The van der Waals surface area contributed by atoms with Crippen LogP contribution in [0.3, 0.4) is 0 Å². The largest absolute Gasteiger partial charge is 0.508 e. The summed E-state index contributed by atoms with van der Waals surface area (Å²) < 4.78 is 0. The van der Waals surface area contributed by atoms with E-state index in [9.17, 15) is 10.2 Å². The van der Waals surface area contributed by atoms with E-state index in [1.54, 1.807) is 24.3 Å². The molecule has 2 atom stereocenters. The van der Waals surface area contributed by atoms with Crippen LogP contribution in [-0.4, -0.2) is 10.2 Å². The highest BCUT2D eigenvalue weighted by molar-refractivity contribution is 5.29. The van der Waals surface area contributed by atoms with Crippen LogP contribution < -0.4 is 0 Å². The minimum absolute atomic E-state index is 0.328. The van der Waals surface area contributed by atoms with Crippen molar-refractivity contribution in [3.05, 3.63) is 59.7 Å². The molecule has 2 N–H and O–H groups in total. The van der Waals surface area contributed by atoms with E-state index in [1.165, 1.54) is 24.0 Å². The number of rotatable bonds is 7. The Morgan fingerprint density at radius 3 is 1.77 bits per heavy atom. The average Bonchev–Trinajstić information content (AvgIpc) is 2.53. The summed E-state index contributed by atoms with van der Waals surface area (Å²) in [7, 11) is 0. The van der Waals surface area contributed by atoms with Gasteiger partial charge in [0, 0.05) is 0 Å².